The number of fused-ring (bicyclic) bond motifs is 1. The van der Waals surface area contributed by atoms with Gasteiger partial charge in [0, 0.05) is 22.9 Å². The number of anilines is 1. The molecule has 3 rings (SSSR count). The Bertz CT molecular complexity index is 746. The summed E-state index contributed by atoms with van der Waals surface area (Å²) in [6, 6.07) is 15.7. The van der Waals surface area contributed by atoms with Gasteiger partial charge in [0.1, 0.15) is 0 Å². The van der Waals surface area contributed by atoms with Crippen LogP contribution in [0.3, 0.4) is 0 Å². The number of thioether (sulfide) groups is 1. The van der Waals surface area contributed by atoms with E-state index in [1.807, 2.05) is 30.3 Å². The first-order chi connectivity index (χ1) is 11.7. The molecule has 2 aromatic carbocycles. The van der Waals surface area contributed by atoms with E-state index in [1.165, 1.54) is 17.3 Å². The summed E-state index contributed by atoms with van der Waals surface area (Å²) in [4.78, 5) is 24.9. The van der Waals surface area contributed by atoms with Crippen molar-refractivity contribution >= 4 is 29.3 Å². The van der Waals surface area contributed by atoms with Crippen LogP contribution in [0.1, 0.15) is 35.2 Å². The van der Waals surface area contributed by atoms with E-state index in [-0.39, 0.29) is 11.8 Å². The SMILES string of the molecule is CCC(CNC(=O)c1ccc2c(c1)NC(=O)CS2)c1ccccc1. The monoisotopic (exact) mass is 340 g/mol. The Hall–Kier alpha value is -2.27. The van der Waals surface area contributed by atoms with E-state index in [0.29, 0.717) is 23.8 Å². The summed E-state index contributed by atoms with van der Waals surface area (Å²) in [6.45, 7) is 2.72. The van der Waals surface area contributed by atoms with Crippen molar-refractivity contribution in [3.05, 3.63) is 59.7 Å². The molecule has 0 bridgehead atoms. The molecule has 1 unspecified atom stereocenters. The van der Waals surface area contributed by atoms with Gasteiger partial charge in [0.15, 0.2) is 0 Å². The first kappa shape index (κ1) is 16.6. The first-order valence-corrected chi connectivity index (χ1v) is 9.05. The zero-order valence-electron chi connectivity index (χ0n) is 13.5. The number of hydrogen-bond acceptors (Lipinski definition) is 3. The molecule has 24 heavy (non-hydrogen) atoms. The van der Waals surface area contributed by atoms with Crippen LogP contribution in [0, 0.1) is 0 Å². The highest BCUT2D eigenvalue weighted by atomic mass is 32.2. The quantitative estimate of drug-likeness (QED) is 0.873. The molecule has 0 radical (unpaired) electrons. The molecular formula is C19H20N2O2S. The molecule has 1 aliphatic heterocycles. The maximum absolute atomic E-state index is 12.4. The maximum atomic E-state index is 12.4. The van der Waals surface area contributed by atoms with E-state index in [0.717, 1.165) is 17.0 Å². The Morgan fingerprint density at radius 3 is 2.79 bits per heavy atom. The molecule has 2 aromatic rings. The molecule has 1 atom stereocenters. The number of carbonyl (C=O) groups is 2. The van der Waals surface area contributed by atoms with Gasteiger partial charge in [-0.05, 0) is 30.2 Å². The van der Waals surface area contributed by atoms with Crippen LogP contribution >= 0.6 is 11.8 Å². The molecule has 0 aromatic heterocycles. The van der Waals surface area contributed by atoms with Crippen LogP contribution in [-0.4, -0.2) is 24.1 Å². The lowest BCUT2D eigenvalue weighted by atomic mass is 9.96. The van der Waals surface area contributed by atoms with Crippen molar-refractivity contribution in [2.24, 2.45) is 0 Å². The minimum atomic E-state index is -0.114. The van der Waals surface area contributed by atoms with E-state index in [4.69, 9.17) is 0 Å². The molecule has 2 amide bonds. The molecule has 2 N–H and O–H groups in total. The fourth-order valence-electron chi connectivity index (χ4n) is 2.77. The van der Waals surface area contributed by atoms with Gasteiger partial charge in [-0.2, -0.15) is 0 Å². The molecule has 1 heterocycles. The van der Waals surface area contributed by atoms with Crippen molar-refractivity contribution in [3.8, 4) is 0 Å². The lowest BCUT2D eigenvalue weighted by Gasteiger charge is -2.18. The Kier molecular flexibility index (Phi) is 5.20. The van der Waals surface area contributed by atoms with Gasteiger partial charge >= 0.3 is 0 Å². The summed E-state index contributed by atoms with van der Waals surface area (Å²) in [5, 5.41) is 5.83. The van der Waals surface area contributed by atoms with Gasteiger partial charge in [0.2, 0.25) is 5.91 Å². The van der Waals surface area contributed by atoms with Crippen molar-refractivity contribution < 1.29 is 9.59 Å². The molecule has 5 heteroatoms. The summed E-state index contributed by atoms with van der Waals surface area (Å²) in [7, 11) is 0. The standard InChI is InChI=1S/C19H20N2O2S/c1-2-13(14-6-4-3-5-7-14)11-20-19(23)15-8-9-17-16(10-15)21-18(22)12-24-17/h3-10,13H,2,11-12H2,1H3,(H,20,23)(H,21,22). The molecule has 4 nitrogen and oxygen atoms in total. The second kappa shape index (κ2) is 7.53. The highest BCUT2D eigenvalue weighted by Gasteiger charge is 2.18. The highest BCUT2D eigenvalue weighted by Crippen LogP contribution is 2.32. The van der Waals surface area contributed by atoms with Crippen molar-refractivity contribution in [2.45, 2.75) is 24.2 Å². The van der Waals surface area contributed by atoms with Crippen LogP contribution in [0.25, 0.3) is 0 Å². The fraction of sp³-hybridized carbons (Fsp3) is 0.263. The van der Waals surface area contributed by atoms with Gasteiger partial charge in [-0.1, -0.05) is 37.3 Å². The number of hydrogen-bond donors (Lipinski definition) is 2. The van der Waals surface area contributed by atoms with Crippen LogP contribution in [0.5, 0.6) is 0 Å². The van der Waals surface area contributed by atoms with Gasteiger partial charge in [0.25, 0.3) is 5.91 Å². The van der Waals surface area contributed by atoms with E-state index in [1.54, 1.807) is 6.07 Å². The van der Waals surface area contributed by atoms with E-state index in [2.05, 4.69) is 29.7 Å². The minimum absolute atomic E-state index is 0.0276. The van der Waals surface area contributed by atoms with Crippen molar-refractivity contribution in [3.63, 3.8) is 0 Å². The molecule has 0 aliphatic carbocycles. The number of rotatable bonds is 5. The molecule has 1 aliphatic rings. The zero-order chi connectivity index (χ0) is 16.9. The number of benzene rings is 2. The van der Waals surface area contributed by atoms with Gasteiger partial charge in [-0.3, -0.25) is 9.59 Å². The van der Waals surface area contributed by atoms with E-state index >= 15 is 0 Å². The van der Waals surface area contributed by atoms with Gasteiger partial charge in [-0.15, -0.1) is 11.8 Å². The molecule has 0 spiro atoms. The van der Waals surface area contributed by atoms with E-state index in [9.17, 15) is 9.59 Å². The third-order valence-electron chi connectivity index (χ3n) is 4.15. The smallest absolute Gasteiger partial charge is 0.251 e. The second-order valence-electron chi connectivity index (χ2n) is 5.77. The summed E-state index contributed by atoms with van der Waals surface area (Å²) in [5.41, 5.74) is 2.52. The summed E-state index contributed by atoms with van der Waals surface area (Å²) >= 11 is 1.49. The Morgan fingerprint density at radius 1 is 1.25 bits per heavy atom. The predicted octanol–water partition coefficient (Wildman–Crippen LogP) is 3.65. The first-order valence-electron chi connectivity index (χ1n) is 8.07. The second-order valence-corrected chi connectivity index (χ2v) is 6.79. The van der Waals surface area contributed by atoms with E-state index < -0.39 is 0 Å². The molecule has 0 saturated heterocycles. The third kappa shape index (κ3) is 3.79. The largest absolute Gasteiger partial charge is 0.351 e. The fourth-order valence-corrected chi connectivity index (χ4v) is 3.55. The normalized spacial score (nSPS) is 14.5. The molecular weight excluding hydrogens is 320 g/mol. The zero-order valence-corrected chi connectivity index (χ0v) is 14.4. The van der Waals surface area contributed by atoms with Crippen LogP contribution in [0.2, 0.25) is 0 Å². The van der Waals surface area contributed by atoms with Crippen LogP contribution in [-0.2, 0) is 4.79 Å². The summed E-state index contributed by atoms with van der Waals surface area (Å²) in [6.07, 6.45) is 0.960. The number of carbonyl (C=O) groups excluding carboxylic acids is 2. The Morgan fingerprint density at radius 2 is 2.04 bits per heavy atom. The average Bonchev–Trinajstić information content (AvgIpc) is 2.62. The van der Waals surface area contributed by atoms with Crippen LogP contribution < -0.4 is 10.6 Å². The van der Waals surface area contributed by atoms with Gasteiger partial charge < -0.3 is 10.6 Å². The number of amides is 2. The lowest BCUT2D eigenvalue weighted by molar-refractivity contribution is -0.113. The molecule has 0 fully saturated rings. The minimum Gasteiger partial charge on any atom is -0.351 e. The predicted molar refractivity (Wildman–Crippen MR) is 97.6 cm³/mol. The average molecular weight is 340 g/mol. The number of nitrogens with one attached hydrogen (secondary N) is 2. The molecule has 124 valence electrons. The van der Waals surface area contributed by atoms with Crippen LogP contribution in [0.4, 0.5) is 5.69 Å². The Labute approximate surface area is 146 Å². The van der Waals surface area contributed by atoms with Gasteiger partial charge in [0.05, 0.1) is 11.4 Å². The van der Waals surface area contributed by atoms with Crippen LogP contribution in [0.15, 0.2) is 53.4 Å². The van der Waals surface area contributed by atoms with Crippen molar-refractivity contribution in [1.29, 1.82) is 0 Å². The van der Waals surface area contributed by atoms with Crippen molar-refractivity contribution in [1.82, 2.24) is 5.32 Å². The maximum Gasteiger partial charge on any atom is 0.251 e. The van der Waals surface area contributed by atoms with Crippen molar-refractivity contribution in [2.75, 3.05) is 17.6 Å². The summed E-state index contributed by atoms with van der Waals surface area (Å²) in [5.74, 6) is 0.577. The molecule has 0 saturated carbocycles. The topological polar surface area (TPSA) is 58.2 Å². The van der Waals surface area contributed by atoms with Gasteiger partial charge in [-0.25, -0.2) is 0 Å². The summed E-state index contributed by atoms with van der Waals surface area (Å²) < 4.78 is 0. The Balaban J connectivity index is 1.67. The third-order valence-corrected chi connectivity index (χ3v) is 5.22. The highest BCUT2D eigenvalue weighted by molar-refractivity contribution is 8.00. The lowest BCUT2D eigenvalue weighted by Crippen LogP contribution is -2.28.